The molecule has 160 valence electrons. The second kappa shape index (κ2) is 10.5. The van der Waals surface area contributed by atoms with Gasteiger partial charge in [-0.3, -0.25) is 4.79 Å². The standard InChI is InChI=1S/C24H16Cl2N2O4/c25-19-9-8-17(21(26)12-19)14-32-22-7-2-1-4-15(22)10-18(13-27)23(29)28-20-6-3-5-16(11-20)24(30)31/h1-12H,14H2,(H,28,29)(H,30,31)/b18-10-. The molecular weight excluding hydrogens is 451 g/mol. The first-order valence-corrected chi connectivity index (χ1v) is 10.0. The number of nitrogens with zero attached hydrogens (tertiary/aromatic N) is 1. The Morgan fingerprint density at radius 3 is 2.56 bits per heavy atom. The van der Waals surface area contributed by atoms with Crippen molar-refractivity contribution in [2.45, 2.75) is 6.61 Å². The minimum absolute atomic E-state index is 0.0184. The number of ether oxygens (including phenoxy) is 1. The largest absolute Gasteiger partial charge is 0.488 e. The van der Waals surface area contributed by atoms with Crippen LogP contribution >= 0.6 is 23.2 Å². The molecule has 0 unspecified atom stereocenters. The highest BCUT2D eigenvalue weighted by atomic mass is 35.5. The number of carboxylic acid groups (broad SMARTS) is 1. The van der Waals surface area contributed by atoms with Crippen LogP contribution in [-0.4, -0.2) is 17.0 Å². The Hall–Kier alpha value is -3.79. The average molecular weight is 467 g/mol. The van der Waals surface area contributed by atoms with Crippen molar-refractivity contribution in [1.82, 2.24) is 0 Å². The molecular formula is C24H16Cl2N2O4. The van der Waals surface area contributed by atoms with Gasteiger partial charge < -0.3 is 15.2 Å². The lowest BCUT2D eigenvalue weighted by molar-refractivity contribution is -0.112. The number of carboxylic acids is 1. The van der Waals surface area contributed by atoms with Gasteiger partial charge in [-0.15, -0.1) is 0 Å². The molecule has 0 aromatic heterocycles. The van der Waals surface area contributed by atoms with E-state index in [1.54, 1.807) is 42.5 Å². The fraction of sp³-hybridized carbons (Fsp3) is 0.0417. The molecule has 0 radical (unpaired) electrons. The van der Waals surface area contributed by atoms with Gasteiger partial charge in [0.15, 0.2) is 0 Å². The van der Waals surface area contributed by atoms with Crippen molar-refractivity contribution in [2.24, 2.45) is 0 Å². The van der Waals surface area contributed by atoms with E-state index in [0.29, 0.717) is 21.4 Å². The average Bonchev–Trinajstić information content (AvgIpc) is 2.77. The number of para-hydroxylation sites is 1. The van der Waals surface area contributed by atoms with Gasteiger partial charge in [0.1, 0.15) is 24.0 Å². The predicted octanol–water partition coefficient (Wildman–Crippen LogP) is 5.82. The van der Waals surface area contributed by atoms with Crippen LogP contribution in [0, 0.1) is 11.3 Å². The molecule has 1 amide bonds. The molecule has 0 saturated heterocycles. The van der Waals surface area contributed by atoms with Gasteiger partial charge in [-0.05, 0) is 42.5 Å². The van der Waals surface area contributed by atoms with Crippen LogP contribution in [0.3, 0.4) is 0 Å². The van der Waals surface area contributed by atoms with Gasteiger partial charge in [0.05, 0.1) is 5.56 Å². The number of carbonyl (C=O) groups is 2. The summed E-state index contributed by atoms with van der Waals surface area (Å²) in [6.45, 7) is 0.164. The zero-order valence-corrected chi connectivity index (χ0v) is 18.0. The van der Waals surface area contributed by atoms with Gasteiger partial charge >= 0.3 is 5.97 Å². The minimum atomic E-state index is -1.12. The Morgan fingerprint density at radius 1 is 1.06 bits per heavy atom. The molecule has 0 aliphatic rings. The number of anilines is 1. The summed E-state index contributed by atoms with van der Waals surface area (Å²) >= 11 is 12.1. The first-order chi connectivity index (χ1) is 15.4. The van der Waals surface area contributed by atoms with Crippen molar-refractivity contribution in [3.63, 3.8) is 0 Å². The Balaban J connectivity index is 1.80. The molecule has 0 heterocycles. The van der Waals surface area contributed by atoms with E-state index >= 15 is 0 Å². The van der Waals surface area contributed by atoms with Crippen LogP contribution in [-0.2, 0) is 11.4 Å². The molecule has 3 aromatic carbocycles. The van der Waals surface area contributed by atoms with Crippen molar-refractivity contribution in [3.8, 4) is 11.8 Å². The number of benzene rings is 3. The smallest absolute Gasteiger partial charge is 0.335 e. The van der Waals surface area contributed by atoms with Crippen LogP contribution in [0.4, 0.5) is 5.69 Å². The predicted molar refractivity (Wildman–Crippen MR) is 123 cm³/mol. The van der Waals surface area contributed by atoms with Crippen molar-refractivity contribution in [3.05, 3.63) is 99.0 Å². The molecule has 0 saturated carbocycles. The van der Waals surface area contributed by atoms with E-state index in [2.05, 4.69) is 5.32 Å². The number of aromatic carboxylic acids is 1. The highest BCUT2D eigenvalue weighted by Gasteiger charge is 2.13. The molecule has 6 nitrogen and oxygen atoms in total. The quantitative estimate of drug-likeness (QED) is 0.337. The van der Waals surface area contributed by atoms with Gasteiger partial charge in [0, 0.05) is 26.9 Å². The van der Waals surface area contributed by atoms with E-state index in [1.165, 1.54) is 30.3 Å². The van der Waals surface area contributed by atoms with Crippen molar-refractivity contribution in [1.29, 1.82) is 5.26 Å². The third kappa shape index (κ3) is 5.88. The molecule has 0 aliphatic carbocycles. The summed E-state index contributed by atoms with van der Waals surface area (Å²) in [7, 11) is 0. The first kappa shape index (κ1) is 22.9. The third-order valence-electron chi connectivity index (χ3n) is 4.35. The summed E-state index contributed by atoms with van der Waals surface area (Å²) in [6, 6.07) is 19.6. The second-order valence-electron chi connectivity index (χ2n) is 6.57. The van der Waals surface area contributed by atoms with E-state index in [1.807, 2.05) is 6.07 Å². The summed E-state index contributed by atoms with van der Waals surface area (Å²) in [5, 5.41) is 22.1. The Morgan fingerprint density at radius 2 is 1.84 bits per heavy atom. The SMILES string of the molecule is N#C/C(=C/c1ccccc1OCc1ccc(Cl)cc1Cl)C(=O)Nc1cccc(C(=O)O)c1. The number of carbonyl (C=O) groups excluding carboxylic acids is 1. The molecule has 3 aromatic rings. The van der Waals surface area contributed by atoms with E-state index in [-0.39, 0.29) is 23.4 Å². The Kier molecular flexibility index (Phi) is 7.50. The van der Waals surface area contributed by atoms with Gasteiger partial charge in [0.2, 0.25) is 0 Å². The molecule has 3 rings (SSSR count). The van der Waals surface area contributed by atoms with E-state index < -0.39 is 11.9 Å². The maximum absolute atomic E-state index is 12.6. The Labute approximate surface area is 194 Å². The lowest BCUT2D eigenvalue weighted by Crippen LogP contribution is -2.14. The number of nitrogens with one attached hydrogen (secondary N) is 1. The molecule has 0 fully saturated rings. The maximum Gasteiger partial charge on any atom is 0.335 e. The fourth-order valence-electron chi connectivity index (χ4n) is 2.76. The lowest BCUT2D eigenvalue weighted by Gasteiger charge is -2.11. The topological polar surface area (TPSA) is 99.4 Å². The van der Waals surface area contributed by atoms with Gasteiger partial charge in [-0.1, -0.05) is 53.5 Å². The lowest BCUT2D eigenvalue weighted by atomic mass is 10.1. The van der Waals surface area contributed by atoms with Crippen molar-refractivity contribution in [2.75, 3.05) is 5.32 Å². The first-order valence-electron chi connectivity index (χ1n) is 9.29. The van der Waals surface area contributed by atoms with E-state index in [4.69, 9.17) is 33.0 Å². The van der Waals surface area contributed by atoms with Gasteiger partial charge in [-0.25, -0.2) is 4.79 Å². The number of rotatable bonds is 7. The van der Waals surface area contributed by atoms with Crippen LogP contribution < -0.4 is 10.1 Å². The molecule has 8 heteroatoms. The zero-order chi connectivity index (χ0) is 23.1. The summed E-state index contributed by atoms with van der Waals surface area (Å²) in [5.41, 5.74) is 1.35. The maximum atomic E-state index is 12.6. The summed E-state index contributed by atoms with van der Waals surface area (Å²) < 4.78 is 5.85. The van der Waals surface area contributed by atoms with Crippen LogP contribution in [0.2, 0.25) is 10.0 Å². The zero-order valence-electron chi connectivity index (χ0n) is 16.5. The summed E-state index contributed by atoms with van der Waals surface area (Å²) in [5.74, 6) is -1.35. The van der Waals surface area contributed by atoms with E-state index in [0.717, 1.165) is 5.56 Å². The number of halogens is 2. The molecule has 0 bridgehead atoms. The number of nitriles is 1. The molecule has 0 atom stereocenters. The minimum Gasteiger partial charge on any atom is -0.488 e. The summed E-state index contributed by atoms with van der Waals surface area (Å²) in [6.07, 6.45) is 1.40. The second-order valence-corrected chi connectivity index (χ2v) is 7.42. The Bertz CT molecular complexity index is 1250. The van der Waals surface area contributed by atoms with Crippen LogP contribution in [0.5, 0.6) is 5.75 Å². The van der Waals surface area contributed by atoms with E-state index in [9.17, 15) is 14.9 Å². The van der Waals surface area contributed by atoms with Gasteiger partial charge in [-0.2, -0.15) is 5.26 Å². The fourth-order valence-corrected chi connectivity index (χ4v) is 3.22. The van der Waals surface area contributed by atoms with Crippen LogP contribution in [0.15, 0.2) is 72.3 Å². The highest BCUT2D eigenvalue weighted by molar-refractivity contribution is 6.35. The van der Waals surface area contributed by atoms with Crippen molar-refractivity contribution >= 4 is 46.8 Å². The number of amides is 1. The number of hydrogen-bond acceptors (Lipinski definition) is 4. The molecule has 0 aliphatic heterocycles. The highest BCUT2D eigenvalue weighted by Crippen LogP contribution is 2.26. The van der Waals surface area contributed by atoms with Gasteiger partial charge in [0.25, 0.3) is 5.91 Å². The molecule has 0 spiro atoms. The van der Waals surface area contributed by atoms with Crippen LogP contribution in [0.25, 0.3) is 6.08 Å². The monoisotopic (exact) mass is 466 g/mol. The molecule has 2 N–H and O–H groups in total. The third-order valence-corrected chi connectivity index (χ3v) is 4.94. The van der Waals surface area contributed by atoms with Crippen molar-refractivity contribution < 1.29 is 19.4 Å². The van der Waals surface area contributed by atoms with Crippen LogP contribution in [0.1, 0.15) is 21.5 Å². The number of hydrogen-bond donors (Lipinski definition) is 2. The summed E-state index contributed by atoms with van der Waals surface area (Å²) in [4.78, 5) is 23.7. The molecule has 32 heavy (non-hydrogen) atoms. The normalized spacial score (nSPS) is 10.8.